The van der Waals surface area contributed by atoms with Crippen molar-refractivity contribution in [1.82, 2.24) is 5.32 Å². The Kier molecular flexibility index (Phi) is 11.5. The lowest BCUT2D eigenvalue weighted by Crippen LogP contribution is -2.43. The second kappa shape index (κ2) is 11.9. The molecule has 0 aliphatic carbocycles. The van der Waals surface area contributed by atoms with Crippen molar-refractivity contribution in [1.29, 1.82) is 0 Å². The van der Waals surface area contributed by atoms with Crippen molar-refractivity contribution in [2.24, 2.45) is 5.73 Å². The van der Waals surface area contributed by atoms with E-state index in [1.807, 2.05) is 13.8 Å². The quantitative estimate of drug-likeness (QED) is 0.305. The third-order valence-electron chi connectivity index (χ3n) is 2.38. The number of phosphoric ester groups is 1. The zero-order valence-electron chi connectivity index (χ0n) is 12.9. The summed E-state index contributed by atoms with van der Waals surface area (Å²) >= 11 is 0. The predicted octanol–water partition coefficient (Wildman–Crippen LogP) is 1.98. The van der Waals surface area contributed by atoms with Crippen molar-refractivity contribution in [2.45, 2.75) is 39.2 Å². The van der Waals surface area contributed by atoms with Gasteiger partial charge in [-0.1, -0.05) is 26.3 Å². The van der Waals surface area contributed by atoms with E-state index in [0.717, 1.165) is 12.8 Å². The average molecular weight is 322 g/mol. The Bertz CT molecular complexity index is 351. The van der Waals surface area contributed by atoms with Gasteiger partial charge in [0.05, 0.1) is 19.8 Å². The van der Waals surface area contributed by atoms with E-state index >= 15 is 0 Å². The van der Waals surface area contributed by atoms with Crippen molar-refractivity contribution in [3.05, 3.63) is 12.7 Å². The zero-order valence-corrected chi connectivity index (χ0v) is 13.8. The van der Waals surface area contributed by atoms with E-state index in [1.54, 1.807) is 0 Å². The number of unbranched alkanes of at least 4 members (excludes halogenated alkanes) is 1. The molecule has 0 aliphatic rings. The zero-order chi connectivity index (χ0) is 16.1. The van der Waals surface area contributed by atoms with Crippen molar-refractivity contribution in [3.8, 4) is 0 Å². The number of phosphoric acid groups is 1. The molecule has 0 aromatic rings. The molecule has 7 nitrogen and oxygen atoms in total. The van der Waals surface area contributed by atoms with Gasteiger partial charge in [-0.2, -0.15) is 0 Å². The van der Waals surface area contributed by atoms with Gasteiger partial charge in [0.1, 0.15) is 6.04 Å². The Morgan fingerprint density at radius 1 is 1.33 bits per heavy atom. The summed E-state index contributed by atoms with van der Waals surface area (Å²) in [7, 11) is -3.71. The van der Waals surface area contributed by atoms with Crippen LogP contribution in [0.4, 0.5) is 0 Å². The summed E-state index contributed by atoms with van der Waals surface area (Å²) in [5, 5.41) is 2.67. The van der Waals surface area contributed by atoms with Crippen LogP contribution < -0.4 is 11.1 Å². The Balaban J connectivity index is 4.28. The molecule has 0 saturated heterocycles. The molecule has 0 fully saturated rings. The average Bonchev–Trinajstić information content (AvgIpc) is 2.49. The van der Waals surface area contributed by atoms with E-state index in [-0.39, 0.29) is 25.7 Å². The van der Waals surface area contributed by atoms with Crippen molar-refractivity contribution >= 4 is 13.7 Å². The molecule has 0 aromatic heterocycles. The Morgan fingerprint density at radius 2 is 2.05 bits per heavy atom. The van der Waals surface area contributed by atoms with Crippen molar-refractivity contribution < 1.29 is 22.9 Å². The monoisotopic (exact) mass is 322 g/mol. The summed E-state index contributed by atoms with van der Waals surface area (Å²) in [6.45, 7) is 7.92. The van der Waals surface area contributed by atoms with Gasteiger partial charge in [-0.15, -0.1) is 6.58 Å². The van der Waals surface area contributed by atoms with Gasteiger partial charge in [0.2, 0.25) is 5.91 Å². The molecular weight excluding hydrogens is 295 g/mol. The fourth-order valence-corrected chi connectivity index (χ4v) is 2.49. The molecule has 8 heteroatoms. The number of carbonyl (C=O) groups is 1. The Labute approximate surface area is 126 Å². The minimum atomic E-state index is -3.71. The first-order chi connectivity index (χ1) is 9.99. The van der Waals surface area contributed by atoms with E-state index in [4.69, 9.17) is 19.3 Å². The normalized spacial score (nSPS) is 15.2. The van der Waals surface area contributed by atoms with Crippen LogP contribution in [0.3, 0.4) is 0 Å². The number of nitrogens with one attached hydrogen (secondary N) is 1. The SMILES string of the molecule is C=CCOP(=O)(OCCC)OCC(N)C(=O)NCCCC. The maximum Gasteiger partial charge on any atom is 0.475 e. The van der Waals surface area contributed by atoms with Gasteiger partial charge in [0.25, 0.3) is 0 Å². The van der Waals surface area contributed by atoms with Crippen molar-refractivity contribution in [2.75, 3.05) is 26.4 Å². The fourth-order valence-electron chi connectivity index (χ4n) is 1.23. The van der Waals surface area contributed by atoms with Gasteiger partial charge in [0.15, 0.2) is 0 Å². The predicted molar refractivity (Wildman–Crippen MR) is 81.8 cm³/mol. The molecule has 0 spiro atoms. The molecule has 21 heavy (non-hydrogen) atoms. The summed E-state index contributed by atoms with van der Waals surface area (Å²) in [5.41, 5.74) is 5.67. The molecule has 0 radical (unpaired) electrons. The summed E-state index contributed by atoms with van der Waals surface area (Å²) in [6, 6.07) is -0.923. The lowest BCUT2D eigenvalue weighted by Gasteiger charge is -2.19. The molecule has 0 rings (SSSR count). The van der Waals surface area contributed by atoms with Gasteiger partial charge in [-0.05, 0) is 12.8 Å². The summed E-state index contributed by atoms with van der Waals surface area (Å²) in [5.74, 6) is -0.353. The van der Waals surface area contributed by atoms with Gasteiger partial charge < -0.3 is 11.1 Å². The van der Waals surface area contributed by atoms with Crippen LogP contribution in [0.15, 0.2) is 12.7 Å². The molecule has 2 atom stereocenters. The Hall–Kier alpha value is -0.720. The number of hydrogen-bond acceptors (Lipinski definition) is 6. The second-order valence-electron chi connectivity index (χ2n) is 4.41. The summed E-state index contributed by atoms with van der Waals surface area (Å²) < 4.78 is 27.4. The molecule has 0 aliphatic heterocycles. The third-order valence-corrected chi connectivity index (χ3v) is 3.81. The summed E-state index contributed by atoms with van der Waals surface area (Å²) in [4.78, 5) is 11.7. The van der Waals surface area contributed by atoms with E-state index in [1.165, 1.54) is 6.08 Å². The number of rotatable bonds is 13. The van der Waals surface area contributed by atoms with E-state index in [2.05, 4.69) is 11.9 Å². The highest BCUT2D eigenvalue weighted by molar-refractivity contribution is 7.48. The van der Waals surface area contributed by atoms with Crippen LogP contribution in [0.5, 0.6) is 0 Å². The van der Waals surface area contributed by atoms with Gasteiger partial charge >= 0.3 is 7.82 Å². The third kappa shape index (κ3) is 9.77. The van der Waals surface area contributed by atoms with Crippen molar-refractivity contribution in [3.63, 3.8) is 0 Å². The molecule has 0 bridgehead atoms. The van der Waals surface area contributed by atoms with Gasteiger partial charge in [-0.3, -0.25) is 18.4 Å². The second-order valence-corrected chi connectivity index (χ2v) is 6.08. The van der Waals surface area contributed by atoms with Crippen LogP contribution in [0, 0.1) is 0 Å². The first kappa shape index (κ1) is 20.3. The number of amides is 1. The molecule has 3 N–H and O–H groups in total. The number of nitrogens with two attached hydrogens (primary N) is 1. The van der Waals surface area contributed by atoms with E-state index in [9.17, 15) is 9.36 Å². The first-order valence-electron chi connectivity index (χ1n) is 7.16. The smallest absolute Gasteiger partial charge is 0.355 e. The van der Waals surface area contributed by atoms with Gasteiger partial charge in [0, 0.05) is 6.54 Å². The molecule has 0 saturated carbocycles. The maximum absolute atomic E-state index is 12.2. The van der Waals surface area contributed by atoms with Crippen LogP contribution in [-0.4, -0.2) is 38.3 Å². The van der Waals surface area contributed by atoms with E-state index in [0.29, 0.717) is 13.0 Å². The first-order valence-corrected chi connectivity index (χ1v) is 8.63. The van der Waals surface area contributed by atoms with Crippen LogP contribution in [0.2, 0.25) is 0 Å². The molecule has 124 valence electrons. The highest BCUT2D eigenvalue weighted by atomic mass is 31.2. The van der Waals surface area contributed by atoms with Crippen LogP contribution in [0.1, 0.15) is 33.1 Å². The topological polar surface area (TPSA) is 99.9 Å². The molecule has 0 heterocycles. The van der Waals surface area contributed by atoms with Crippen LogP contribution >= 0.6 is 7.82 Å². The molecular formula is C13H27N2O5P. The lowest BCUT2D eigenvalue weighted by molar-refractivity contribution is -0.123. The number of carbonyl (C=O) groups excluding carboxylic acids is 1. The standard InChI is InChI=1S/C13H27N2O5P/c1-4-7-8-15-13(16)12(14)11-20-21(17,18-9-5-2)19-10-6-3/h5,12H,2,4,6-11,14H2,1,3H3,(H,15,16). The fraction of sp³-hybridized carbons (Fsp3) is 0.769. The highest BCUT2D eigenvalue weighted by Gasteiger charge is 2.28. The van der Waals surface area contributed by atoms with Gasteiger partial charge in [-0.25, -0.2) is 4.57 Å². The highest BCUT2D eigenvalue weighted by Crippen LogP contribution is 2.49. The lowest BCUT2D eigenvalue weighted by atomic mass is 10.3. The van der Waals surface area contributed by atoms with Crippen LogP contribution in [-0.2, 0) is 22.9 Å². The maximum atomic E-state index is 12.2. The minimum Gasteiger partial charge on any atom is -0.355 e. The minimum absolute atomic E-state index is 0.0267. The van der Waals surface area contributed by atoms with Crippen LogP contribution in [0.25, 0.3) is 0 Å². The molecule has 1 amide bonds. The largest absolute Gasteiger partial charge is 0.475 e. The van der Waals surface area contributed by atoms with E-state index < -0.39 is 13.9 Å². The summed E-state index contributed by atoms with van der Waals surface area (Å²) in [6.07, 6.45) is 3.94. The molecule has 2 unspecified atom stereocenters. The number of hydrogen-bond donors (Lipinski definition) is 2. The molecule has 0 aromatic carbocycles. The Morgan fingerprint density at radius 3 is 2.62 bits per heavy atom.